The number of nitrogens with one attached hydrogen (secondary N) is 2. The number of pyridine rings is 1. The molecule has 5 rings (SSSR count). The quantitative estimate of drug-likeness (QED) is 0.397. The van der Waals surface area contributed by atoms with Crippen LogP contribution in [0.3, 0.4) is 0 Å². The van der Waals surface area contributed by atoms with Crippen LogP contribution in [-0.2, 0) is 6.54 Å². The van der Waals surface area contributed by atoms with Gasteiger partial charge in [-0.3, -0.25) is 10.4 Å². The first-order chi connectivity index (χ1) is 16.4. The summed E-state index contributed by atoms with van der Waals surface area (Å²) in [5.41, 5.74) is 12.4. The molecule has 4 N–H and O–H groups in total. The molecule has 2 atom stereocenters. The van der Waals surface area contributed by atoms with E-state index < -0.39 is 0 Å². The van der Waals surface area contributed by atoms with Gasteiger partial charge in [0, 0.05) is 59.9 Å². The monoisotopic (exact) mass is 454 g/mol. The Morgan fingerprint density at radius 2 is 1.97 bits per heavy atom. The summed E-state index contributed by atoms with van der Waals surface area (Å²) in [5.74, 6) is 0.250. The van der Waals surface area contributed by atoms with Gasteiger partial charge < -0.3 is 20.9 Å². The number of aromatic nitrogens is 1. The van der Waals surface area contributed by atoms with Crippen molar-refractivity contribution >= 4 is 23.1 Å². The number of aryl methyl sites for hydroxylation is 1. The van der Waals surface area contributed by atoms with Gasteiger partial charge in [0.1, 0.15) is 0 Å². The number of anilines is 2. The standard InChI is InChI=1S/C27H30N6O/c1-3-32-15-22(18-7-5-4-6-8-18)25(16-32)33-14-20-12-21(23(28)13-24(20)31-27(33)34)26(29)19-9-10-30-17(2)11-19/h4-13,22,25,29H,3,14-16,28H2,1-2H3,(H,31,34)/t22-,25+/m0/s1. The highest BCUT2D eigenvalue weighted by molar-refractivity contribution is 6.14. The molecule has 1 saturated heterocycles. The molecule has 2 aliphatic heterocycles. The molecule has 2 amide bonds. The van der Waals surface area contributed by atoms with Crippen molar-refractivity contribution in [1.82, 2.24) is 14.8 Å². The van der Waals surface area contributed by atoms with Crippen LogP contribution in [0.5, 0.6) is 0 Å². The minimum Gasteiger partial charge on any atom is -0.398 e. The van der Waals surface area contributed by atoms with Crippen molar-refractivity contribution < 1.29 is 4.79 Å². The highest BCUT2D eigenvalue weighted by Gasteiger charge is 2.40. The van der Waals surface area contributed by atoms with Crippen LogP contribution in [0.1, 0.15) is 40.8 Å². The molecule has 1 aromatic heterocycles. The van der Waals surface area contributed by atoms with E-state index in [1.807, 2.05) is 36.1 Å². The number of nitrogen functional groups attached to an aromatic ring is 1. The smallest absolute Gasteiger partial charge is 0.322 e. The molecule has 2 aromatic carbocycles. The van der Waals surface area contributed by atoms with Crippen LogP contribution in [0.25, 0.3) is 0 Å². The lowest BCUT2D eigenvalue weighted by Gasteiger charge is -2.37. The number of urea groups is 1. The summed E-state index contributed by atoms with van der Waals surface area (Å²) in [4.78, 5) is 21.8. The third-order valence-electron chi connectivity index (χ3n) is 7.01. The summed E-state index contributed by atoms with van der Waals surface area (Å²) in [6, 6.07) is 17.9. The van der Waals surface area contributed by atoms with Crippen molar-refractivity contribution in [2.45, 2.75) is 32.4 Å². The van der Waals surface area contributed by atoms with Gasteiger partial charge in [0.25, 0.3) is 0 Å². The Morgan fingerprint density at radius 1 is 1.18 bits per heavy atom. The number of fused-ring (bicyclic) bond motifs is 1. The van der Waals surface area contributed by atoms with E-state index in [0.717, 1.165) is 42.1 Å². The molecule has 0 saturated carbocycles. The van der Waals surface area contributed by atoms with Gasteiger partial charge in [-0.05, 0) is 48.9 Å². The number of nitrogens with two attached hydrogens (primary N) is 1. The third kappa shape index (κ3) is 4.03. The SMILES string of the molecule is CCN1C[C@@H](N2Cc3cc(C(=N)c4ccnc(C)c4)c(N)cc3NC2=O)[C@H](c2ccccc2)C1. The van der Waals surface area contributed by atoms with Gasteiger partial charge in [-0.25, -0.2) is 4.79 Å². The van der Waals surface area contributed by atoms with Gasteiger partial charge in [0.05, 0.1) is 11.8 Å². The van der Waals surface area contributed by atoms with E-state index in [0.29, 0.717) is 23.5 Å². The van der Waals surface area contributed by atoms with Crippen LogP contribution in [0, 0.1) is 12.3 Å². The zero-order valence-corrected chi connectivity index (χ0v) is 19.6. The van der Waals surface area contributed by atoms with Crippen molar-refractivity contribution in [2.24, 2.45) is 0 Å². The first-order valence-electron chi connectivity index (χ1n) is 11.7. The van der Waals surface area contributed by atoms with Gasteiger partial charge in [-0.2, -0.15) is 0 Å². The minimum absolute atomic E-state index is 0.0683. The van der Waals surface area contributed by atoms with E-state index >= 15 is 0 Å². The number of likely N-dealkylation sites (tertiary alicyclic amines) is 1. The molecule has 2 aliphatic rings. The Morgan fingerprint density at radius 3 is 2.71 bits per heavy atom. The first-order valence-corrected chi connectivity index (χ1v) is 11.7. The molecular weight excluding hydrogens is 424 g/mol. The Bertz CT molecular complexity index is 1240. The number of nitrogens with zero attached hydrogens (tertiary/aromatic N) is 3. The van der Waals surface area contributed by atoms with Gasteiger partial charge in [-0.15, -0.1) is 0 Å². The molecule has 0 spiro atoms. The Labute approximate surface area is 200 Å². The predicted molar refractivity (Wildman–Crippen MR) is 135 cm³/mol. The van der Waals surface area contributed by atoms with E-state index in [9.17, 15) is 4.79 Å². The maximum absolute atomic E-state index is 13.2. The van der Waals surface area contributed by atoms with Gasteiger partial charge in [0.2, 0.25) is 0 Å². The van der Waals surface area contributed by atoms with Crippen molar-refractivity contribution in [1.29, 1.82) is 5.41 Å². The Hall–Kier alpha value is -3.71. The lowest BCUT2D eigenvalue weighted by atomic mass is 9.92. The van der Waals surface area contributed by atoms with Gasteiger partial charge in [0.15, 0.2) is 0 Å². The molecule has 0 unspecified atom stereocenters. The maximum Gasteiger partial charge on any atom is 0.322 e. The molecule has 3 heterocycles. The second kappa shape index (κ2) is 8.91. The third-order valence-corrected chi connectivity index (χ3v) is 7.01. The lowest BCUT2D eigenvalue weighted by molar-refractivity contribution is 0.175. The number of carbonyl (C=O) groups is 1. The Kier molecular flexibility index (Phi) is 5.79. The number of hydrogen-bond donors (Lipinski definition) is 3. The molecule has 7 heteroatoms. The molecule has 7 nitrogen and oxygen atoms in total. The molecular formula is C27H30N6O. The minimum atomic E-state index is -0.0941. The van der Waals surface area contributed by atoms with E-state index in [2.05, 4.69) is 46.4 Å². The van der Waals surface area contributed by atoms with Crippen molar-refractivity contribution in [3.8, 4) is 0 Å². The van der Waals surface area contributed by atoms with Crippen LogP contribution >= 0.6 is 0 Å². The number of rotatable bonds is 5. The largest absolute Gasteiger partial charge is 0.398 e. The van der Waals surface area contributed by atoms with Crippen LogP contribution in [-0.4, -0.2) is 52.2 Å². The topological polar surface area (TPSA) is 98.3 Å². The second-order valence-corrected chi connectivity index (χ2v) is 9.15. The summed E-state index contributed by atoms with van der Waals surface area (Å²) >= 11 is 0. The fourth-order valence-electron chi connectivity index (χ4n) is 5.16. The van der Waals surface area contributed by atoms with Crippen molar-refractivity contribution in [3.05, 3.63) is 88.7 Å². The van der Waals surface area contributed by atoms with Crippen LogP contribution < -0.4 is 11.1 Å². The molecule has 0 bridgehead atoms. The molecule has 0 aliphatic carbocycles. The zero-order chi connectivity index (χ0) is 23.8. The van der Waals surface area contributed by atoms with Crippen molar-refractivity contribution in [3.63, 3.8) is 0 Å². The summed E-state index contributed by atoms with van der Waals surface area (Å²) in [6.07, 6.45) is 1.71. The number of hydrogen-bond acceptors (Lipinski definition) is 5. The molecule has 1 fully saturated rings. The lowest BCUT2D eigenvalue weighted by Crippen LogP contribution is -2.48. The Balaban J connectivity index is 1.47. The summed E-state index contributed by atoms with van der Waals surface area (Å²) in [6.45, 7) is 7.29. The van der Waals surface area contributed by atoms with Crippen LogP contribution in [0.4, 0.5) is 16.2 Å². The zero-order valence-electron chi connectivity index (χ0n) is 19.6. The van der Waals surface area contributed by atoms with Crippen LogP contribution in [0.2, 0.25) is 0 Å². The second-order valence-electron chi connectivity index (χ2n) is 9.15. The maximum atomic E-state index is 13.2. The highest BCUT2D eigenvalue weighted by Crippen LogP contribution is 2.36. The van der Waals surface area contributed by atoms with E-state index in [1.165, 1.54) is 5.56 Å². The fourth-order valence-corrected chi connectivity index (χ4v) is 5.16. The normalized spacial score (nSPS) is 20.2. The van der Waals surface area contributed by atoms with E-state index in [-0.39, 0.29) is 18.0 Å². The number of likely N-dealkylation sites (N-methyl/N-ethyl adjacent to an activating group) is 1. The number of amides is 2. The first kappa shape index (κ1) is 22.1. The van der Waals surface area contributed by atoms with Crippen LogP contribution in [0.15, 0.2) is 60.8 Å². The fraction of sp³-hybridized carbons (Fsp3) is 0.296. The van der Waals surface area contributed by atoms with E-state index in [4.69, 9.17) is 11.1 Å². The van der Waals surface area contributed by atoms with Gasteiger partial charge in [-0.1, -0.05) is 37.3 Å². The molecule has 174 valence electrons. The summed E-state index contributed by atoms with van der Waals surface area (Å²) in [5, 5.41) is 11.8. The number of benzene rings is 2. The predicted octanol–water partition coefficient (Wildman–Crippen LogP) is 4.22. The van der Waals surface area contributed by atoms with Gasteiger partial charge >= 0.3 is 6.03 Å². The summed E-state index contributed by atoms with van der Waals surface area (Å²) in [7, 11) is 0. The average molecular weight is 455 g/mol. The molecule has 34 heavy (non-hydrogen) atoms. The summed E-state index contributed by atoms with van der Waals surface area (Å²) < 4.78 is 0. The highest BCUT2D eigenvalue weighted by atomic mass is 16.2. The van der Waals surface area contributed by atoms with E-state index in [1.54, 1.807) is 12.3 Å². The number of carbonyl (C=O) groups excluding carboxylic acids is 1. The van der Waals surface area contributed by atoms with Crippen molar-refractivity contribution in [2.75, 3.05) is 30.7 Å². The molecule has 0 radical (unpaired) electrons. The molecule has 3 aromatic rings. The average Bonchev–Trinajstić information content (AvgIpc) is 3.28.